The third kappa shape index (κ3) is 3.11. The average molecular weight is 298 g/mol. The molecule has 1 unspecified atom stereocenters. The summed E-state index contributed by atoms with van der Waals surface area (Å²) >= 11 is 0. The van der Waals surface area contributed by atoms with Gasteiger partial charge in [0.05, 0.1) is 0 Å². The first-order valence-electron chi connectivity index (χ1n) is 6.85. The maximum atomic E-state index is 12.6. The number of aromatic nitrogens is 1. The van der Waals surface area contributed by atoms with E-state index in [0.717, 1.165) is 19.6 Å². The number of rotatable bonds is 4. The van der Waals surface area contributed by atoms with Gasteiger partial charge in [-0.2, -0.15) is 4.31 Å². The fraction of sp³-hybridized carbons (Fsp3) is 0.615. The normalized spacial score (nSPS) is 21.9. The Balaban J connectivity index is 2.21. The molecule has 1 saturated heterocycles. The topological polar surface area (TPSA) is 65.5 Å². The number of sulfonamides is 1. The van der Waals surface area contributed by atoms with E-state index < -0.39 is 10.0 Å². The number of anilines is 1. The summed E-state index contributed by atoms with van der Waals surface area (Å²) in [5.74, 6) is 0.692. The summed E-state index contributed by atoms with van der Waals surface area (Å²) in [4.78, 5) is 6.54. The fourth-order valence-corrected chi connectivity index (χ4v) is 3.99. The Hall–Kier alpha value is -1.18. The largest absolute Gasteiger partial charge is 0.370 e. The molecule has 1 aromatic rings. The van der Waals surface area contributed by atoms with Crippen LogP contribution in [0.4, 0.5) is 5.82 Å². The van der Waals surface area contributed by atoms with Crippen molar-refractivity contribution in [1.29, 1.82) is 0 Å². The number of likely N-dealkylation sites (N-methyl/N-ethyl adjacent to an activating group) is 1. The van der Waals surface area contributed by atoms with E-state index in [2.05, 4.69) is 15.2 Å². The van der Waals surface area contributed by atoms with E-state index in [9.17, 15) is 8.42 Å². The Labute approximate surface area is 120 Å². The van der Waals surface area contributed by atoms with Crippen molar-refractivity contribution >= 4 is 15.8 Å². The highest BCUT2D eigenvalue weighted by atomic mass is 32.2. The molecule has 1 fully saturated rings. The summed E-state index contributed by atoms with van der Waals surface area (Å²) in [5, 5.41) is 3.05. The standard InChI is InChI=1S/C13H22N4O2S/c1-4-14-13-6-5-12(9-15-13)20(18,19)17-8-7-16(3)10-11(17)2/h5-6,9,11H,4,7-8,10H2,1-3H3,(H,14,15). The van der Waals surface area contributed by atoms with Gasteiger partial charge < -0.3 is 10.2 Å². The molecule has 0 spiro atoms. The lowest BCUT2D eigenvalue weighted by molar-refractivity contribution is 0.170. The zero-order valence-electron chi connectivity index (χ0n) is 12.2. The molecule has 6 nitrogen and oxygen atoms in total. The van der Waals surface area contributed by atoms with Gasteiger partial charge in [0.1, 0.15) is 10.7 Å². The zero-order valence-corrected chi connectivity index (χ0v) is 13.0. The van der Waals surface area contributed by atoms with E-state index >= 15 is 0 Å². The second-order valence-electron chi connectivity index (χ2n) is 5.14. The van der Waals surface area contributed by atoms with Gasteiger partial charge in [-0.25, -0.2) is 13.4 Å². The van der Waals surface area contributed by atoms with E-state index in [4.69, 9.17) is 0 Å². The third-order valence-corrected chi connectivity index (χ3v) is 5.47. The van der Waals surface area contributed by atoms with E-state index in [1.54, 1.807) is 16.4 Å². The van der Waals surface area contributed by atoms with Gasteiger partial charge in [0, 0.05) is 38.4 Å². The molecule has 7 heteroatoms. The van der Waals surface area contributed by atoms with Gasteiger partial charge in [-0.05, 0) is 33.0 Å². The molecule has 1 aromatic heterocycles. The van der Waals surface area contributed by atoms with Crippen LogP contribution >= 0.6 is 0 Å². The molecule has 0 radical (unpaired) electrons. The number of piperazine rings is 1. The molecule has 1 aliphatic rings. The maximum absolute atomic E-state index is 12.6. The van der Waals surface area contributed by atoms with E-state index in [1.807, 2.05) is 20.9 Å². The quantitative estimate of drug-likeness (QED) is 0.892. The molecule has 1 aliphatic heterocycles. The molecule has 0 saturated carbocycles. The minimum atomic E-state index is -3.45. The molecule has 20 heavy (non-hydrogen) atoms. The summed E-state index contributed by atoms with van der Waals surface area (Å²) in [6, 6.07) is 3.30. The molecule has 0 amide bonds. The van der Waals surface area contributed by atoms with Crippen molar-refractivity contribution in [2.45, 2.75) is 24.8 Å². The van der Waals surface area contributed by atoms with Gasteiger partial charge in [-0.1, -0.05) is 0 Å². The zero-order chi connectivity index (χ0) is 14.8. The van der Waals surface area contributed by atoms with Crippen LogP contribution in [-0.4, -0.2) is 61.9 Å². The van der Waals surface area contributed by atoms with Gasteiger partial charge >= 0.3 is 0 Å². The van der Waals surface area contributed by atoms with Crippen molar-refractivity contribution in [1.82, 2.24) is 14.2 Å². The van der Waals surface area contributed by atoms with Crippen LogP contribution in [0.15, 0.2) is 23.2 Å². The SMILES string of the molecule is CCNc1ccc(S(=O)(=O)N2CCN(C)CC2C)cn1. The Morgan fingerprint density at radius 1 is 1.40 bits per heavy atom. The first kappa shape index (κ1) is 15.2. The van der Waals surface area contributed by atoms with Crippen LogP contribution in [-0.2, 0) is 10.0 Å². The van der Waals surface area contributed by atoms with Crippen LogP contribution in [0.3, 0.4) is 0 Å². The van der Waals surface area contributed by atoms with Crippen molar-refractivity contribution in [2.75, 3.05) is 38.5 Å². The van der Waals surface area contributed by atoms with Crippen LogP contribution in [0.1, 0.15) is 13.8 Å². The Morgan fingerprint density at radius 2 is 2.15 bits per heavy atom. The molecular weight excluding hydrogens is 276 g/mol. The Bertz CT molecular complexity index is 544. The summed E-state index contributed by atoms with van der Waals surface area (Å²) in [6.45, 7) is 6.70. The highest BCUT2D eigenvalue weighted by molar-refractivity contribution is 7.89. The summed E-state index contributed by atoms with van der Waals surface area (Å²) in [6.07, 6.45) is 1.43. The molecule has 1 N–H and O–H groups in total. The second-order valence-corrected chi connectivity index (χ2v) is 7.03. The van der Waals surface area contributed by atoms with Gasteiger partial charge in [0.15, 0.2) is 0 Å². The summed E-state index contributed by atoms with van der Waals surface area (Å²) in [5.41, 5.74) is 0. The molecule has 1 atom stereocenters. The predicted octanol–water partition coefficient (Wildman–Crippen LogP) is 0.838. The molecule has 2 heterocycles. The first-order valence-corrected chi connectivity index (χ1v) is 8.29. The van der Waals surface area contributed by atoms with Crippen LogP contribution in [0.25, 0.3) is 0 Å². The Kier molecular flexibility index (Phi) is 4.62. The first-order chi connectivity index (χ1) is 9.45. The van der Waals surface area contributed by atoms with Crippen molar-refractivity contribution in [3.05, 3.63) is 18.3 Å². The highest BCUT2D eigenvalue weighted by Gasteiger charge is 2.32. The molecule has 112 valence electrons. The second kappa shape index (κ2) is 6.07. The number of nitrogens with zero attached hydrogens (tertiary/aromatic N) is 3. The van der Waals surface area contributed by atoms with E-state index in [-0.39, 0.29) is 10.9 Å². The van der Waals surface area contributed by atoms with Crippen molar-refractivity contribution in [3.63, 3.8) is 0 Å². The van der Waals surface area contributed by atoms with Crippen LogP contribution in [0.2, 0.25) is 0 Å². The minimum absolute atomic E-state index is 0.0211. The smallest absolute Gasteiger partial charge is 0.244 e. The van der Waals surface area contributed by atoms with Crippen LogP contribution in [0.5, 0.6) is 0 Å². The number of hydrogen-bond donors (Lipinski definition) is 1. The predicted molar refractivity (Wildman–Crippen MR) is 79.3 cm³/mol. The lowest BCUT2D eigenvalue weighted by atomic mass is 10.2. The Morgan fingerprint density at radius 3 is 2.70 bits per heavy atom. The van der Waals surface area contributed by atoms with Crippen molar-refractivity contribution in [2.24, 2.45) is 0 Å². The van der Waals surface area contributed by atoms with Gasteiger partial charge in [-0.15, -0.1) is 0 Å². The monoisotopic (exact) mass is 298 g/mol. The molecule has 2 rings (SSSR count). The third-order valence-electron chi connectivity index (χ3n) is 3.47. The van der Waals surface area contributed by atoms with E-state index in [0.29, 0.717) is 12.4 Å². The lowest BCUT2D eigenvalue weighted by Gasteiger charge is -2.37. The molecular formula is C13H22N4O2S. The van der Waals surface area contributed by atoms with Crippen molar-refractivity contribution < 1.29 is 8.42 Å². The van der Waals surface area contributed by atoms with Gasteiger partial charge in [0.2, 0.25) is 10.0 Å². The van der Waals surface area contributed by atoms with Gasteiger partial charge in [0.25, 0.3) is 0 Å². The molecule has 0 aliphatic carbocycles. The molecule has 0 aromatic carbocycles. The number of hydrogen-bond acceptors (Lipinski definition) is 5. The molecule has 0 bridgehead atoms. The van der Waals surface area contributed by atoms with Gasteiger partial charge in [-0.3, -0.25) is 0 Å². The summed E-state index contributed by atoms with van der Waals surface area (Å²) < 4.78 is 26.8. The van der Waals surface area contributed by atoms with Crippen molar-refractivity contribution in [3.8, 4) is 0 Å². The highest BCUT2D eigenvalue weighted by Crippen LogP contribution is 2.21. The number of pyridine rings is 1. The summed E-state index contributed by atoms with van der Waals surface area (Å²) in [7, 11) is -1.44. The van der Waals surface area contributed by atoms with Crippen LogP contribution in [0, 0.1) is 0 Å². The minimum Gasteiger partial charge on any atom is -0.370 e. The average Bonchev–Trinajstić information content (AvgIpc) is 2.39. The maximum Gasteiger partial charge on any atom is 0.244 e. The lowest BCUT2D eigenvalue weighted by Crippen LogP contribution is -2.52. The van der Waals surface area contributed by atoms with E-state index in [1.165, 1.54) is 6.20 Å². The fourth-order valence-electron chi connectivity index (χ4n) is 2.43. The number of nitrogens with one attached hydrogen (secondary N) is 1. The van der Waals surface area contributed by atoms with Crippen LogP contribution < -0.4 is 5.32 Å².